The van der Waals surface area contributed by atoms with E-state index in [0.717, 1.165) is 56.4 Å². The molecule has 0 aliphatic heterocycles. The van der Waals surface area contributed by atoms with Crippen molar-refractivity contribution in [1.29, 1.82) is 0 Å². The third kappa shape index (κ3) is 7.09. The second kappa shape index (κ2) is 10.4. The molecule has 0 spiro atoms. The summed E-state index contributed by atoms with van der Waals surface area (Å²) in [6.45, 7) is 2.15. The summed E-state index contributed by atoms with van der Waals surface area (Å²) in [7, 11) is 0. The summed E-state index contributed by atoms with van der Waals surface area (Å²) in [6, 6.07) is 4.01. The van der Waals surface area contributed by atoms with Crippen molar-refractivity contribution in [3.05, 3.63) is 24.3 Å². The molecule has 1 aromatic carbocycles. The van der Waals surface area contributed by atoms with E-state index < -0.39 is 30.2 Å². The minimum absolute atomic E-state index is 0.0494. The standard InChI is InChI=1S/C21H26F6O3/c1-2-3-4-5-14-6-8-15(9-7-14)18(28)29-16-10-12-17(13-11-16)30-21(26,27)19(22)20(23,24)25/h10-15,19H,2-9H2,1H3. The van der Waals surface area contributed by atoms with Crippen molar-refractivity contribution in [3.8, 4) is 11.5 Å². The van der Waals surface area contributed by atoms with Gasteiger partial charge in [-0.1, -0.05) is 32.6 Å². The molecule has 1 aromatic rings. The number of hydrogen-bond acceptors (Lipinski definition) is 3. The van der Waals surface area contributed by atoms with E-state index in [4.69, 9.17) is 4.74 Å². The third-order valence-electron chi connectivity index (χ3n) is 5.27. The van der Waals surface area contributed by atoms with Crippen LogP contribution in [0, 0.1) is 11.8 Å². The van der Waals surface area contributed by atoms with Gasteiger partial charge >= 0.3 is 18.3 Å². The Morgan fingerprint density at radius 2 is 1.57 bits per heavy atom. The predicted molar refractivity (Wildman–Crippen MR) is 98.2 cm³/mol. The van der Waals surface area contributed by atoms with Gasteiger partial charge in [-0.2, -0.15) is 22.0 Å². The van der Waals surface area contributed by atoms with Gasteiger partial charge in [-0.3, -0.25) is 4.79 Å². The summed E-state index contributed by atoms with van der Waals surface area (Å²) in [5.74, 6) is -0.684. The van der Waals surface area contributed by atoms with Crippen LogP contribution in [0.3, 0.4) is 0 Å². The molecule has 0 radical (unpaired) electrons. The fourth-order valence-electron chi connectivity index (χ4n) is 3.54. The van der Waals surface area contributed by atoms with Gasteiger partial charge in [0, 0.05) is 0 Å². The van der Waals surface area contributed by atoms with Crippen LogP contribution in [0.5, 0.6) is 11.5 Å². The van der Waals surface area contributed by atoms with Crippen LogP contribution in [0.15, 0.2) is 24.3 Å². The van der Waals surface area contributed by atoms with Gasteiger partial charge in [-0.05, 0) is 55.9 Å². The predicted octanol–water partition coefficient (Wildman–Crippen LogP) is 6.85. The maximum Gasteiger partial charge on any atom is 0.439 e. The van der Waals surface area contributed by atoms with Crippen LogP contribution in [-0.4, -0.2) is 24.4 Å². The number of carbonyl (C=O) groups excluding carboxylic acids is 1. The van der Waals surface area contributed by atoms with Crippen molar-refractivity contribution >= 4 is 5.97 Å². The molecule has 0 N–H and O–H groups in total. The number of unbranched alkanes of at least 4 members (excludes halogenated alkanes) is 2. The van der Waals surface area contributed by atoms with Gasteiger partial charge in [0.25, 0.3) is 6.17 Å². The highest BCUT2D eigenvalue weighted by Crippen LogP contribution is 2.37. The molecule has 0 saturated heterocycles. The van der Waals surface area contributed by atoms with Gasteiger partial charge in [0.2, 0.25) is 0 Å². The van der Waals surface area contributed by atoms with Gasteiger partial charge < -0.3 is 9.47 Å². The molecule has 1 fully saturated rings. The molecule has 9 heteroatoms. The molecule has 170 valence electrons. The van der Waals surface area contributed by atoms with Gasteiger partial charge in [0.05, 0.1) is 5.92 Å². The number of halogens is 6. The highest BCUT2D eigenvalue weighted by Gasteiger charge is 2.59. The van der Waals surface area contributed by atoms with Crippen molar-refractivity contribution in [2.24, 2.45) is 11.8 Å². The fourth-order valence-corrected chi connectivity index (χ4v) is 3.54. The zero-order chi connectivity index (χ0) is 22.4. The molecule has 0 heterocycles. The number of hydrogen-bond donors (Lipinski definition) is 0. The topological polar surface area (TPSA) is 35.5 Å². The molecule has 0 bridgehead atoms. The first-order chi connectivity index (χ1) is 14.0. The third-order valence-corrected chi connectivity index (χ3v) is 5.27. The lowest BCUT2D eigenvalue weighted by Gasteiger charge is -2.27. The molecular formula is C21H26F6O3. The van der Waals surface area contributed by atoms with Crippen LogP contribution in [0.2, 0.25) is 0 Å². The summed E-state index contributed by atoms with van der Waals surface area (Å²) in [5.41, 5.74) is 0. The highest BCUT2D eigenvalue weighted by molar-refractivity contribution is 5.75. The molecule has 1 unspecified atom stereocenters. The Bertz CT molecular complexity index is 666. The van der Waals surface area contributed by atoms with E-state index in [9.17, 15) is 31.1 Å². The Morgan fingerprint density at radius 1 is 1.00 bits per heavy atom. The first kappa shape index (κ1) is 24.3. The van der Waals surface area contributed by atoms with Crippen LogP contribution in [-0.2, 0) is 4.79 Å². The number of rotatable bonds is 9. The summed E-state index contributed by atoms with van der Waals surface area (Å²) in [4.78, 5) is 12.3. The van der Waals surface area contributed by atoms with E-state index in [1.54, 1.807) is 0 Å². The Labute approximate surface area is 171 Å². The van der Waals surface area contributed by atoms with E-state index in [1.807, 2.05) is 0 Å². The maximum atomic E-state index is 13.3. The Hall–Kier alpha value is -1.93. The van der Waals surface area contributed by atoms with Gasteiger partial charge in [0.15, 0.2) is 0 Å². The number of carbonyl (C=O) groups is 1. The van der Waals surface area contributed by atoms with E-state index >= 15 is 0 Å². The molecular weight excluding hydrogens is 414 g/mol. The smallest absolute Gasteiger partial charge is 0.430 e. The van der Waals surface area contributed by atoms with Crippen LogP contribution in [0.1, 0.15) is 58.3 Å². The van der Waals surface area contributed by atoms with E-state index in [1.165, 1.54) is 19.3 Å². The molecule has 2 rings (SSSR count). The number of benzene rings is 1. The quantitative estimate of drug-likeness (QED) is 0.182. The van der Waals surface area contributed by atoms with Crippen molar-refractivity contribution in [3.63, 3.8) is 0 Å². The van der Waals surface area contributed by atoms with Crippen molar-refractivity contribution in [2.45, 2.75) is 76.7 Å². The minimum Gasteiger partial charge on any atom is -0.430 e. The lowest BCUT2D eigenvalue weighted by Crippen LogP contribution is -2.45. The Kier molecular flexibility index (Phi) is 8.43. The number of ether oxygens (including phenoxy) is 2. The second-order valence-corrected chi connectivity index (χ2v) is 7.67. The molecule has 1 aliphatic rings. The van der Waals surface area contributed by atoms with Gasteiger partial charge in [0.1, 0.15) is 11.5 Å². The van der Waals surface area contributed by atoms with Gasteiger partial charge in [-0.25, -0.2) is 4.39 Å². The molecule has 1 saturated carbocycles. The van der Waals surface area contributed by atoms with Crippen LogP contribution in [0.4, 0.5) is 26.3 Å². The highest BCUT2D eigenvalue weighted by atomic mass is 19.4. The minimum atomic E-state index is -5.76. The number of alkyl halides is 6. The van der Waals surface area contributed by atoms with Gasteiger partial charge in [-0.15, -0.1) is 0 Å². The lowest BCUT2D eigenvalue weighted by molar-refractivity contribution is -0.305. The second-order valence-electron chi connectivity index (χ2n) is 7.67. The maximum absolute atomic E-state index is 13.3. The zero-order valence-electron chi connectivity index (χ0n) is 16.7. The first-order valence-electron chi connectivity index (χ1n) is 10.1. The SMILES string of the molecule is CCCCCC1CCC(C(=O)Oc2ccc(OC(F)(F)C(F)C(F)(F)F)cc2)CC1. The summed E-state index contributed by atoms with van der Waals surface area (Å²) in [6.07, 6.45) is -7.22. The first-order valence-corrected chi connectivity index (χ1v) is 10.1. The fraction of sp³-hybridized carbons (Fsp3) is 0.667. The Morgan fingerprint density at radius 3 is 2.10 bits per heavy atom. The average Bonchev–Trinajstić information content (AvgIpc) is 2.68. The molecule has 30 heavy (non-hydrogen) atoms. The van der Waals surface area contributed by atoms with Crippen molar-refractivity contribution in [2.75, 3.05) is 0 Å². The molecule has 1 aliphatic carbocycles. The average molecular weight is 440 g/mol. The zero-order valence-corrected chi connectivity index (χ0v) is 16.7. The largest absolute Gasteiger partial charge is 0.439 e. The van der Waals surface area contributed by atoms with E-state index in [0.29, 0.717) is 5.92 Å². The summed E-state index contributed by atoms with van der Waals surface area (Å²) < 4.78 is 84.9. The van der Waals surface area contributed by atoms with Crippen LogP contribution < -0.4 is 9.47 Å². The van der Waals surface area contributed by atoms with E-state index in [2.05, 4.69) is 11.7 Å². The van der Waals surface area contributed by atoms with E-state index in [-0.39, 0.29) is 11.7 Å². The molecule has 1 atom stereocenters. The summed E-state index contributed by atoms with van der Waals surface area (Å²) in [5, 5.41) is 0. The molecule has 0 amide bonds. The van der Waals surface area contributed by atoms with Crippen molar-refractivity contribution in [1.82, 2.24) is 0 Å². The lowest BCUT2D eigenvalue weighted by atomic mass is 9.80. The number of esters is 1. The van der Waals surface area contributed by atoms with Crippen LogP contribution in [0.25, 0.3) is 0 Å². The molecule has 0 aromatic heterocycles. The summed E-state index contributed by atoms with van der Waals surface area (Å²) >= 11 is 0. The van der Waals surface area contributed by atoms with Crippen molar-refractivity contribution < 1.29 is 40.6 Å². The normalized spacial score (nSPS) is 21.2. The Balaban J connectivity index is 1.84. The van der Waals surface area contributed by atoms with Crippen LogP contribution >= 0.6 is 0 Å². The monoisotopic (exact) mass is 440 g/mol. The molecule has 3 nitrogen and oxygen atoms in total.